The third kappa shape index (κ3) is 2.80. The molecular formula is C17H20O. The average Bonchev–Trinajstić information content (AvgIpc) is 2.41. The molecule has 2 aromatic carbocycles. The molecule has 0 unspecified atom stereocenters. The van der Waals surface area contributed by atoms with Gasteiger partial charge in [-0.15, -0.1) is 0 Å². The molecule has 18 heavy (non-hydrogen) atoms. The highest BCUT2D eigenvalue weighted by molar-refractivity contribution is 5.33. The number of aliphatic hydroxyl groups excluding tert-OH is 1. The lowest BCUT2D eigenvalue weighted by Crippen LogP contribution is -2.22. The molecule has 0 amide bonds. The van der Waals surface area contributed by atoms with Crippen LogP contribution in [0.5, 0.6) is 0 Å². The van der Waals surface area contributed by atoms with Crippen LogP contribution in [0.3, 0.4) is 0 Å². The maximum atomic E-state index is 9.91. The van der Waals surface area contributed by atoms with Crippen molar-refractivity contribution in [3.05, 3.63) is 71.8 Å². The zero-order valence-electron chi connectivity index (χ0n) is 11.0. The van der Waals surface area contributed by atoms with Crippen LogP contribution in [0, 0.1) is 5.92 Å². The molecule has 0 bridgehead atoms. The quantitative estimate of drug-likeness (QED) is 0.861. The van der Waals surface area contributed by atoms with Crippen LogP contribution < -0.4 is 0 Å². The number of rotatable bonds is 4. The van der Waals surface area contributed by atoms with Gasteiger partial charge in [0.25, 0.3) is 0 Å². The fourth-order valence-electron chi connectivity index (χ4n) is 2.40. The van der Waals surface area contributed by atoms with Gasteiger partial charge < -0.3 is 5.11 Å². The Labute approximate surface area is 109 Å². The Morgan fingerprint density at radius 2 is 1.11 bits per heavy atom. The molecule has 0 radical (unpaired) electrons. The van der Waals surface area contributed by atoms with Crippen LogP contribution in [-0.2, 0) is 0 Å². The Hall–Kier alpha value is -1.60. The van der Waals surface area contributed by atoms with Gasteiger partial charge in [-0.1, -0.05) is 67.6 Å². The maximum Gasteiger partial charge on any atom is 0.0546 e. The SMILES string of the molecule is C[C@@H](O)[C@@H](C)C(c1ccccc1)c1ccccc1. The van der Waals surface area contributed by atoms with E-state index in [2.05, 4.69) is 55.5 Å². The van der Waals surface area contributed by atoms with E-state index in [9.17, 15) is 5.11 Å². The maximum absolute atomic E-state index is 9.91. The topological polar surface area (TPSA) is 20.2 Å². The van der Waals surface area contributed by atoms with Crippen molar-refractivity contribution in [1.82, 2.24) is 0 Å². The van der Waals surface area contributed by atoms with Crippen molar-refractivity contribution >= 4 is 0 Å². The van der Waals surface area contributed by atoms with Crippen molar-refractivity contribution in [3.63, 3.8) is 0 Å². The summed E-state index contributed by atoms with van der Waals surface area (Å²) in [7, 11) is 0. The molecule has 0 aliphatic heterocycles. The van der Waals surface area contributed by atoms with E-state index >= 15 is 0 Å². The standard InChI is InChI=1S/C17H20O/c1-13(14(2)18)17(15-9-5-3-6-10-15)16-11-7-4-8-12-16/h3-14,17-18H,1-2H3/t13-,14-/m1/s1. The summed E-state index contributed by atoms with van der Waals surface area (Å²) >= 11 is 0. The Bertz CT molecular complexity index is 422. The second kappa shape index (κ2) is 5.83. The fourth-order valence-corrected chi connectivity index (χ4v) is 2.40. The lowest BCUT2D eigenvalue weighted by Gasteiger charge is -2.27. The van der Waals surface area contributed by atoms with E-state index in [1.165, 1.54) is 11.1 Å². The number of hydrogen-bond donors (Lipinski definition) is 1. The fraction of sp³-hybridized carbons (Fsp3) is 0.294. The first-order chi connectivity index (χ1) is 8.70. The molecule has 0 spiro atoms. The van der Waals surface area contributed by atoms with Gasteiger partial charge in [0.15, 0.2) is 0 Å². The molecule has 0 saturated heterocycles. The molecule has 0 aliphatic rings. The minimum atomic E-state index is -0.324. The molecule has 0 fully saturated rings. The van der Waals surface area contributed by atoms with Crippen molar-refractivity contribution in [2.45, 2.75) is 25.9 Å². The largest absolute Gasteiger partial charge is 0.393 e. The summed E-state index contributed by atoms with van der Waals surface area (Å²) in [5, 5.41) is 9.91. The smallest absolute Gasteiger partial charge is 0.0546 e. The molecule has 0 aliphatic carbocycles. The van der Waals surface area contributed by atoms with Gasteiger partial charge in [-0.05, 0) is 24.0 Å². The zero-order valence-corrected chi connectivity index (χ0v) is 11.0. The highest BCUT2D eigenvalue weighted by atomic mass is 16.3. The number of hydrogen-bond acceptors (Lipinski definition) is 1. The number of benzene rings is 2. The summed E-state index contributed by atoms with van der Waals surface area (Å²) in [4.78, 5) is 0. The molecule has 1 heteroatoms. The third-order valence-electron chi connectivity index (χ3n) is 3.60. The molecule has 94 valence electrons. The Morgan fingerprint density at radius 3 is 1.44 bits per heavy atom. The van der Waals surface area contributed by atoms with Crippen LogP contribution in [0.4, 0.5) is 0 Å². The summed E-state index contributed by atoms with van der Waals surface area (Å²) in [5.41, 5.74) is 2.52. The van der Waals surface area contributed by atoms with Crippen molar-refractivity contribution in [2.75, 3.05) is 0 Å². The minimum absolute atomic E-state index is 0.190. The molecule has 0 saturated carbocycles. The van der Waals surface area contributed by atoms with Crippen LogP contribution in [0.25, 0.3) is 0 Å². The van der Waals surface area contributed by atoms with E-state index in [0.29, 0.717) is 0 Å². The van der Waals surface area contributed by atoms with Crippen molar-refractivity contribution < 1.29 is 5.11 Å². The normalized spacial score (nSPS) is 14.4. The van der Waals surface area contributed by atoms with Crippen LogP contribution in [-0.4, -0.2) is 11.2 Å². The molecule has 2 atom stereocenters. The van der Waals surface area contributed by atoms with Gasteiger partial charge in [-0.2, -0.15) is 0 Å². The number of aliphatic hydroxyl groups is 1. The molecule has 2 rings (SSSR count). The lowest BCUT2D eigenvalue weighted by molar-refractivity contribution is 0.126. The van der Waals surface area contributed by atoms with Gasteiger partial charge in [0, 0.05) is 5.92 Å². The second-order valence-corrected chi connectivity index (χ2v) is 4.90. The predicted octanol–water partition coefficient (Wildman–Crippen LogP) is 3.84. The Kier molecular flexibility index (Phi) is 4.16. The summed E-state index contributed by atoms with van der Waals surface area (Å²) < 4.78 is 0. The summed E-state index contributed by atoms with van der Waals surface area (Å²) in [6, 6.07) is 20.8. The lowest BCUT2D eigenvalue weighted by atomic mass is 9.79. The summed E-state index contributed by atoms with van der Waals surface area (Å²) in [6.07, 6.45) is -0.324. The van der Waals surface area contributed by atoms with Crippen LogP contribution >= 0.6 is 0 Å². The summed E-state index contributed by atoms with van der Waals surface area (Å²) in [6.45, 7) is 3.97. The van der Waals surface area contributed by atoms with Crippen LogP contribution in [0.1, 0.15) is 30.9 Å². The molecule has 0 heterocycles. The molecule has 1 N–H and O–H groups in total. The summed E-state index contributed by atoms with van der Waals surface area (Å²) in [5.74, 6) is 0.433. The molecule has 2 aromatic rings. The van der Waals surface area contributed by atoms with E-state index in [4.69, 9.17) is 0 Å². The predicted molar refractivity (Wildman–Crippen MR) is 75.6 cm³/mol. The van der Waals surface area contributed by atoms with E-state index in [1.54, 1.807) is 0 Å². The molecular weight excluding hydrogens is 220 g/mol. The van der Waals surface area contributed by atoms with Gasteiger partial charge in [-0.25, -0.2) is 0 Å². The Morgan fingerprint density at radius 1 is 0.722 bits per heavy atom. The highest BCUT2D eigenvalue weighted by Gasteiger charge is 2.24. The average molecular weight is 240 g/mol. The first-order valence-electron chi connectivity index (χ1n) is 6.48. The monoisotopic (exact) mass is 240 g/mol. The van der Waals surface area contributed by atoms with E-state index in [1.807, 2.05) is 19.1 Å². The van der Waals surface area contributed by atoms with E-state index in [-0.39, 0.29) is 17.9 Å². The first-order valence-corrected chi connectivity index (χ1v) is 6.48. The van der Waals surface area contributed by atoms with Crippen molar-refractivity contribution in [2.24, 2.45) is 5.92 Å². The van der Waals surface area contributed by atoms with Gasteiger partial charge in [-0.3, -0.25) is 0 Å². The van der Waals surface area contributed by atoms with Crippen LogP contribution in [0.2, 0.25) is 0 Å². The van der Waals surface area contributed by atoms with E-state index in [0.717, 1.165) is 0 Å². The Balaban J connectivity index is 2.42. The molecule has 1 nitrogen and oxygen atoms in total. The highest BCUT2D eigenvalue weighted by Crippen LogP contribution is 2.33. The van der Waals surface area contributed by atoms with Gasteiger partial charge in [0.05, 0.1) is 6.10 Å². The second-order valence-electron chi connectivity index (χ2n) is 4.90. The minimum Gasteiger partial charge on any atom is -0.393 e. The van der Waals surface area contributed by atoms with E-state index < -0.39 is 0 Å². The van der Waals surface area contributed by atoms with Gasteiger partial charge in [0.2, 0.25) is 0 Å². The van der Waals surface area contributed by atoms with Gasteiger partial charge in [0.1, 0.15) is 0 Å². The zero-order chi connectivity index (χ0) is 13.0. The van der Waals surface area contributed by atoms with Gasteiger partial charge >= 0.3 is 0 Å². The molecule has 0 aromatic heterocycles. The first kappa shape index (κ1) is 12.8. The van der Waals surface area contributed by atoms with Crippen molar-refractivity contribution in [1.29, 1.82) is 0 Å². The van der Waals surface area contributed by atoms with Crippen LogP contribution in [0.15, 0.2) is 60.7 Å². The third-order valence-corrected chi connectivity index (χ3v) is 3.60. The van der Waals surface area contributed by atoms with Crippen molar-refractivity contribution in [3.8, 4) is 0 Å².